The number of fused-ring (bicyclic) bond motifs is 2. The molecular weight excluding hydrogens is 206 g/mol. The number of piperidine rings is 1. The van der Waals surface area contributed by atoms with Crippen LogP contribution in [-0.2, 0) is 0 Å². The Labute approximate surface area is 108 Å². The molecule has 2 aliphatic carbocycles. The predicted molar refractivity (Wildman–Crippen MR) is 77.2 cm³/mol. The maximum Gasteiger partial charge on any atom is 0.0113 e. The van der Waals surface area contributed by atoms with Gasteiger partial charge in [0.15, 0.2) is 0 Å². The zero-order valence-electron chi connectivity index (χ0n) is 12.0. The average molecular weight is 235 g/mol. The minimum Gasteiger partial charge on any atom is -0.300 e. The number of allylic oxidation sites excluding steroid dienone is 4. The summed E-state index contributed by atoms with van der Waals surface area (Å²) in [7, 11) is 2.28. The first-order valence-corrected chi connectivity index (χ1v) is 7.34. The van der Waals surface area contributed by atoms with Crippen molar-refractivity contribution in [1.82, 2.24) is 4.90 Å². The van der Waals surface area contributed by atoms with Gasteiger partial charge in [0, 0.05) is 12.1 Å². The second-order valence-electron chi connectivity index (χ2n) is 5.05. The van der Waals surface area contributed by atoms with Crippen LogP contribution >= 0.6 is 0 Å². The van der Waals surface area contributed by atoms with Crippen molar-refractivity contribution in [3.63, 3.8) is 0 Å². The standard InChI is InChI=1S/C9H17N.C5H6.C2H6/c1-3-7-4-8-6-9(5-7)10(8)2;1-2-4-5-3-1;1-2/h7-9H,3-6H2,1-2H3;1-4H,5H2;1-2H3. The molecule has 1 saturated carbocycles. The molecule has 1 nitrogen and oxygen atoms in total. The van der Waals surface area contributed by atoms with Gasteiger partial charge in [-0.2, -0.15) is 0 Å². The van der Waals surface area contributed by atoms with E-state index >= 15 is 0 Å². The highest BCUT2D eigenvalue weighted by atomic mass is 15.2. The van der Waals surface area contributed by atoms with Crippen LogP contribution in [0.5, 0.6) is 0 Å². The Morgan fingerprint density at radius 2 is 1.53 bits per heavy atom. The van der Waals surface area contributed by atoms with Gasteiger partial charge >= 0.3 is 0 Å². The maximum atomic E-state index is 2.56. The summed E-state index contributed by atoms with van der Waals surface area (Å²) < 4.78 is 0. The highest BCUT2D eigenvalue weighted by molar-refractivity contribution is 5.12. The van der Waals surface area contributed by atoms with Gasteiger partial charge in [-0.05, 0) is 38.6 Å². The van der Waals surface area contributed by atoms with Gasteiger partial charge in [0.2, 0.25) is 0 Å². The molecule has 1 heteroatoms. The molecule has 0 amide bonds. The Bertz CT molecular complexity index is 232. The summed E-state index contributed by atoms with van der Waals surface area (Å²) in [6, 6.07) is 1.92. The molecule has 2 bridgehead atoms. The summed E-state index contributed by atoms with van der Waals surface area (Å²) in [6.07, 6.45) is 15.3. The minimum absolute atomic E-state index is 0.962. The largest absolute Gasteiger partial charge is 0.300 e. The molecular formula is C16H29N. The van der Waals surface area contributed by atoms with E-state index in [0.29, 0.717) is 0 Å². The Morgan fingerprint density at radius 1 is 1.00 bits per heavy atom. The van der Waals surface area contributed by atoms with Crippen LogP contribution in [0.3, 0.4) is 0 Å². The lowest BCUT2D eigenvalue weighted by molar-refractivity contribution is -0.0308. The molecule has 0 aromatic heterocycles. The molecule has 2 unspecified atom stereocenters. The molecule has 4 aliphatic rings. The van der Waals surface area contributed by atoms with Crippen molar-refractivity contribution in [2.24, 2.45) is 5.92 Å². The molecule has 3 fully saturated rings. The van der Waals surface area contributed by atoms with Gasteiger partial charge in [0.1, 0.15) is 0 Å². The lowest BCUT2D eigenvalue weighted by atomic mass is 9.73. The van der Waals surface area contributed by atoms with Gasteiger partial charge in [-0.15, -0.1) is 0 Å². The van der Waals surface area contributed by atoms with Gasteiger partial charge in [-0.25, -0.2) is 0 Å². The molecule has 0 spiro atoms. The number of nitrogens with zero attached hydrogens (tertiary/aromatic N) is 1. The van der Waals surface area contributed by atoms with Crippen LogP contribution in [0.1, 0.15) is 52.9 Å². The van der Waals surface area contributed by atoms with Gasteiger partial charge in [0.05, 0.1) is 0 Å². The van der Waals surface area contributed by atoms with Crippen LogP contribution < -0.4 is 0 Å². The molecule has 2 aliphatic heterocycles. The predicted octanol–water partition coefficient (Wildman–Crippen LogP) is 4.41. The van der Waals surface area contributed by atoms with Crippen LogP contribution in [0, 0.1) is 5.92 Å². The normalized spacial score (nSPS) is 33.1. The first-order valence-electron chi connectivity index (χ1n) is 7.34. The van der Waals surface area contributed by atoms with Crippen molar-refractivity contribution in [2.75, 3.05) is 7.05 Å². The van der Waals surface area contributed by atoms with E-state index in [-0.39, 0.29) is 0 Å². The van der Waals surface area contributed by atoms with Crippen LogP contribution in [0.25, 0.3) is 0 Å². The SMILES string of the molecule is C1=CCC=C1.CC.CCC1CC2CC(C1)N2C. The van der Waals surface area contributed by atoms with Crippen LogP contribution in [0.15, 0.2) is 24.3 Å². The quantitative estimate of drug-likeness (QED) is 0.651. The minimum atomic E-state index is 0.962. The van der Waals surface area contributed by atoms with Crippen molar-refractivity contribution in [2.45, 2.75) is 65.0 Å². The number of rotatable bonds is 1. The average Bonchev–Trinajstić information content (AvgIpc) is 2.99. The zero-order valence-corrected chi connectivity index (χ0v) is 12.0. The van der Waals surface area contributed by atoms with Crippen molar-refractivity contribution >= 4 is 0 Å². The molecule has 98 valence electrons. The first kappa shape index (κ1) is 14.5. The Morgan fingerprint density at radius 3 is 1.82 bits per heavy atom. The van der Waals surface area contributed by atoms with Crippen LogP contribution in [0.4, 0.5) is 0 Å². The fourth-order valence-electron chi connectivity index (χ4n) is 2.92. The second-order valence-corrected chi connectivity index (χ2v) is 5.05. The van der Waals surface area contributed by atoms with E-state index in [1.54, 1.807) is 0 Å². The molecule has 2 saturated heterocycles. The van der Waals surface area contributed by atoms with Crippen molar-refractivity contribution < 1.29 is 0 Å². The summed E-state index contributed by atoms with van der Waals surface area (Å²) >= 11 is 0. The molecule has 0 aromatic rings. The fourth-order valence-corrected chi connectivity index (χ4v) is 2.92. The molecule has 0 radical (unpaired) electrons. The van der Waals surface area contributed by atoms with Crippen LogP contribution in [0.2, 0.25) is 0 Å². The lowest BCUT2D eigenvalue weighted by Crippen LogP contribution is -2.58. The van der Waals surface area contributed by atoms with Gasteiger partial charge in [-0.3, -0.25) is 0 Å². The van der Waals surface area contributed by atoms with E-state index < -0.39 is 0 Å². The smallest absolute Gasteiger partial charge is 0.0113 e. The third-order valence-electron chi connectivity index (χ3n) is 4.14. The number of hydrogen-bond donors (Lipinski definition) is 0. The highest BCUT2D eigenvalue weighted by Gasteiger charge is 2.41. The molecule has 4 rings (SSSR count). The van der Waals surface area contributed by atoms with Crippen molar-refractivity contribution in [1.29, 1.82) is 0 Å². The van der Waals surface area contributed by atoms with Gasteiger partial charge in [0.25, 0.3) is 0 Å². The fraction of sp³-hybridized carbons (Fsp3) is 0.750. The summed E-state index contributed by atoms with van der Waals surface area (Å²) in [5.74, 6) is 1.06. The lowest BCUT2D eigenvalue weighted by Gasteiger charge is -2.53. The van der Waals surface area contributed by atoms with E-state index in [2.05, 4.69) is 43.2 Å². The third-order valence-corrected chi connectivity index (χ3v) is 4.14. The Balaban J connectivity index is 0.000000175. The topological polar surface area (TPSA) is 3.24 Å². The van der Waals surface area contributed by atoms with Gasteiger partial charge in [-0.1, -0.05) is 51.5 Å². The summed E-state index contributed by atoms with van der Waals surface area (Å²) in [5, 5.41) is 0. The van der Waals surface area contributed by atoms with E-state index in [1.165, 1.54) is 25.7 Å². The molecule has 2 atom stereocenters. The summed E-state index contributed by atoms with van der Waals surface area (Å²) in [6.45, 7) is 6.33. The van der Waals surface area contributed by atoms with Crippen molar-refractivity contribution in [3.8, 4) is 0 Å². The Hall–Kier alpha value is -0.560. The third kappa shape index (κ3) is 3.99. The number of hydrogen-bond acceptors (Lipinski definition) is 1. The van der Waals surface area contributed by atoms with E-state index in [4.69, 9.17) is 0 Å². The molecule has 17 heavy (non-hydrogen) atoms. The Kier molecular flexibility index (Phi) is 6.57. The maximum absolute atomic E-state index is 2.56. The summed E-state index contributed by atoms with van der Waals surface area (Å²) in [5.41, 5.74) is 0. The van der Waals surface area contributed by atoms with E-state index in [9.17, 15) is 0 Å². The van der Waals surface area contributed by atoms with Crippen LogP contribution in [-0.4, -0.2) is 24.0 Å². The monoisotopic (exact) mass is 235 g/mol. The molecule has 0 N–H and O–H groups in total. The second kappa shape index (κ2) is 7.71. The highest BCUT2D eigenvalue weighted by Crippen LogP contribution is 2.40. The van der Waals surface area contributed by atoms with E-state index in [1.807, 2.05) is 13.8 Å². The zero-order chi connectivity index (χ0) is 12.7. The van der Waals surface area contributed by atoms with E-state index in [0.717, 1.165) is 24.4 Å². The molecule has 0 aromatic carbocycles. The van der Waals surface area contributed by atoms with Gasteiger partial charge < -0.3 is 4.90 Å². The molecule has 2 heterocycles. The van der Waals surface area contributed by atoms with Crippen molar-refractivity contribution in [3.05, 3.63) is 24.3 Å². The summed E-state index contributed by atoms with van der Waals surface area (Å²) in [4.78, 5) is 2.56. The first-order chi connectivity index (χ1) is 8.31.